The monoisotopic (exact) mass is 431 g/mol. The van der Waals surface area contributed by atoms with Gasteiger partial charge in [0.05, 0.1) is 20.9 Å². The first kappa shape index (κ1) is 21.0. The van der Waals surface area contributed by atoms with Gasteiger partial charge in [0, 0.05) is 5.02 Å². The summed E-state index contributed by atoms with van der Waals surface area (Å²) in [4.78, 5) is 4.69. The highest BCUT2D eigenvalue weighted by atomic mass is 35.5. The third kappa shape index (κ3) is 6.13. The van der Waals surface area contributed by atoms with Gasteiger partial charge in [-0.2, -0.15) is 5.11 Å². The molecule has 3 nitrogen and oxygen atoms in total. The number of allylic oxidation sites excluding steroid dienone is 1. The van der Waals surface area contributed by atoms with Crippen LogP contribution < -0.4 is 0 Å². The van der Waals surface area contributed by atoms with Crippen molar-refractivity contribution >= 4 is 56.5 Å². The van der Waals surface area contributed by atoms with Crippen LogP contribution in [0.3, 0.4) is 0 Å². The van der Waals surface area contributed by atoms with Crippen molar-refractivity contribution in [3.05, 3.63) is 63.2 Å². The van der Waals surface area contributed by atoms with Crippen LogP contribution in [-0.4, -0.2) is 4.98 Å². The molecule has 1 aromatic heterocycles. The van der Waals surface area contributed by atoms with E-state index in [1.807, 2.05) is 24.3 Å². The van der Waals surface area contributed by atoms with E-state index in [2.05, 4.69) is 23.2 Å². The van der Waals surface area contributed by atoms with Crippen molar-refractivity contribution in [2.24, 2.45) is 10.2 Å². The van der Waals surface area contributed by atoms with E-state index >= 15 is 0 Å². The number of hydrogen-bond donors (Lipinski definition) is 0. The lowest BCUT2D eigenvalue weighted by Gasteiger charge is -2.02. The molecule has 0 radical (unpaired) electrons. The molecule has 0 fully saturated rings. The number of fused-ring (bicyclic) bond motifs is 1. The van der Waals surface area contributed by atoms with Crippen LogP contribution in [0.25, 0.3) is 16.3 Å². The zero-order valence-electron chi connectivity index (χ0n) is 15.9. The molecule has 0 bridgehead atoms. The van der Waals surface area contributed by atoms with Gasteiger partial charge in [0.15, 0.2) is 0 Å². The van der Waals surface area contributed by atoms with Crippen LogP contribution in [0, 0.1) is 0 Å². The topological polar surface area (TPSA) is 37.6 Å². The first-order valence-electron chi connectivity index (χ1n) is 9.58. The second-order valence-corrected chi connectivity index (χ2v) is 8.52. The molecular formula is C22H23Cl2N3S. The Hall–Kier alpha value is -1.75. The summed E-state index contributed by atoms with van der Waals surface area (Å²) >= 11 is 13.8. The van der Waals surface area contributed by atoms with E-state index in [0.29, 0.717) is 15.7 Å². The van der Waals surface area contributed by atoms with E-state index < -0.39 is 0 Å². The Kier molecular flexibility index (Phi) is 8.01. The van der Waals surface area contributed by atoms with Crippen LogP contribution in [-0.2, 0) is 0 Å². The molecule has 1 heterocycles. The average molecular weight is 432 g/mol. The first-order chi connectivity index (χ1) is 13.7. The van der Waals surface area contributed by atoms with Crippen LogP contribution >= 0.6 is 34.5 Å². The van der Waals surface area contributed by atoms with E-state index in [1.165, 1.54) is 30.4 Å². The number of para-hydroxylation sites is 1. The lowest BCUT2D eigenvalue weighted by molar-refractivity contribution is 0.628. The van der Waals surface area contributed by atoms with Gasteiger partial charge in [0.2, 0.25) is 0 Å². The lowest BCUT2D eigenvalue weighted by Crippen LogP contribution is -1.83. The van der Waals surface area contributed by atoms with Crippen molar-refractivity contribution in [1.82, 2.24) is 4.98 Å². The Labute approximate surface area is 180 Å². The largest absolute Gasteiger partial charge is 0.237 e. The smallest absolute Gasteiger partial charge is 0.119 e. The van der Waals surface area contributed by atoms with Crippen molar-refractivity contribution < 1.29 is 0 Å². The molecule has 3 rings (SSSR count). The fourth-order valence-corrected chi connectivity index (χ4v) is 4.21. The van der Waals surface area contributed by atoms with Gasteiger partial charge < -0.3 is 0 Å². The van der Waals surface area contributed by atoms with Gasteiger partial charge in [-0.15, -0.1) is 16.5 Å². The van der Waals surface area contributed by atoms with Crippen LogP contribution in [0.2, 0.25) is 10.0 Å². The summed E-state index contributed by atoms with van der Waals surface area (Å²) in [6.07, 6.45) is 8.96. The van der Waals surface area contributed by atoms with Crippen LogP contribution in [0.5, 0.6) is 0 Å². The molecule has 0 unspecified atom stereocenters. The maximum atomic E-state index is 6.22. The molecule has 0 amide bonds. The minimum atomic E-state index is 0.499. The van der Waals surface area contributed by atoms with E-state index in [0.717, 1.165) is 29.1 Å². The first-order valence-corrected chi connectivity index (χ1v) is 11.2. The standard InChI is InChI=1S/C22H23Cl2N3S/c1-2-3-4-5-6-9-17(26-27-19-13-12-16(23)14-18(19)24)15-22-25-20-10-7-8-11-21(20)28-22/h7-8,10-15H,2-6,9H2,1H3/b17-15-,27-26?. The summed E-state index contributed by atoms with van der Waals surface area (Å²) in [5, 5.41) is 10.9. The van der Waals surface area contributed by atoms with Gasteiger partial charge in [-0.3, -0.25) is 0 Å². The SMILES string of the molecule is CCCCCCC/C(=C/c1nc2ccccc2s1)N=Nc1ccc(Cl)cc1Cl. The van der Waals surface area contributed by atoms with Crippen LogP contribution in [0.15, 0.2) is 58.4 Å². The number of benzene rings is 2. The highest BCUT2D eigenvalue weighted by Gasteiger charge is 2.05. The number of unbranched alkanes of at least 4 members (excludes halogenated alkanes) is 4. The number of aromatic nitrogens is 1. The predicted octanol–water partition coefficient (Wildman–Crippen LogP) is 9.09. The van der Waals surface area contributed by atoms with Crippen LogP contribution in [0.1, 0.15) is 50.5 Å². The fourth-order valence-electron chi connectivity index (χ4n) is 2.84. The summed E-state index contributed by atoms with van der Waals surface area (Å²) in [6, 6.07) is 13.4. The number of hydrogen-bond acceptors (Lipinski definition) is 4. The average Bonchev–Trinajstić information content (AvgIpc) is 3.09. The quantitative estimate of drug-likeness (QED) is 0.245. The third-order valence-electron chi connectivity index (χ3n) is 4.33. The number of halogens is 2. The van der Waals surface area contributed by atoms with Crippen LogP contribution in [0.4, 0.5) is 5.69 Å². The van der Waals surface area contributed by atoms with Gasteiger partial charge >= 0.3 is 0 Å². The molecule has 0 saturated carbocycles. The molecule has 0 atom stereocenters. The van der Waals surface area contributed by atoms with E-state index in [9.17, 15) is 0 Å². The molecule has 0 aliphatic rings. The predicted molar refractivity (Wildman–Crippen MR) is 122 cm³/mol. The van der Waals surface area contributed by atoms with Crippen molar-refractivity contribution in [2.75, 3.05) is 0 Å². The van der Waals surface area contributed by atoms with Gasteiger partial charge in [-0.25, -0.2) is 4.98 Å². The number of azo groups is 1. The number of rotatable bonds is 9. The normalized spacial score (nSPS) is 12.3. The Balaban J connectivity index is 1.80. The van der Waals surface area contributed by atoms with Crippen molar-refractivity contribution in [3.8, 4) is 0 Å². The summed E-state index contributed by atoms with van der Waals surface area (Å²) in [5.41, 5.74) is 2.55. The Morgan fingerprint density at radius 3 is 2.68 bits per heavy atom. The molecule has 28 heavy (non-hydrogen) atoms. The molecule has 2 aromatic carbocycles. The zero-order valence-corrected chi connectivity index (χ0v) is 18.2. The second kappa shape index (κ2) is 10.7. The summed E-state index contributed by atoms with van der Waals surface area (Å²) < 4.78 is 1.17. The lowest BCUT2D eigenvalue weighted by atomic mass is 10.1. The Bertz CT molecular complexity index is 946. The minimum Gasteiger partial charge on any atom is -0.237 e. The highest BCUT2D eigenvalue weighted by molar-refractivity contribution is 7.19. The van der Waals surface area contributed by atoms with Crippen molar-refractivity contribution in [2.45, 2.75) is 45.4 Å². The number of nitrogens with zero attached hydrogens (tertiary/aromatic N) is 3. The fraction of sp³-hybridized carbons (Fsp3) is 0.318. The molecule has 0 saturated heterocycles. The maximum absolute atomic E-state index is 6.22. The van der Waals surface area contributed by atoms with E-state index in [4.69, 9.17) is 28.2 Å². The maximum Gasteiger partial charge on any atom is 0.119 e. The second-order valence-electron chi connectivity index (χ2n) is 6.62. The summed E-state index contributed by atoms with van der Waals surface area (Å²) in [5.74, 6) is 0. The van der Waals surface area contributed by atoms with Gasteiger partial charge in [0.1, 0.15) is 10.7 Å². The summed E-state index contributed by atoms with van der Waals surface area (Å²) in [7, 11) is 0. The molecule has 0 aliphatic heterocycles. The summed E-state index contributed by atoms with van der Waals surface area (Å²) in [6.45, 7) is 2.22. The third-order valence-corrected chi connectivity index (χ3v) is 5.85. The van der Waals surface area contributed by atoms with E-state index in [-0.39, 0.29) is 0 Å². The molecule has 0 spiro atoms. The van der Waals surface area contributed by atoms with Gasteiger partial charge in [-0.1, -0.05) is 67.9 Å². The Morgan fingerprint density at radius 1 is 1.07 bits per heavy atom. The molecule has 6 heteroatoms. The number of thiazole rings is 1. The minimum absolute atomic E-state index is 0.499. The van der Waals surface area contributed by atoms with E-state index in [1.54, 1.807) is 29.5 Å². The molecule has 0 N–H and O–H groups in total. The van der Waals surface area contributed by atoms with Gasteiger partial charge in [0.25, 0.3) is 0 Å². The van der Waals surface area contributed by atoms with Crippen molar-refractivity contribution in [1.29, 1.82) is 0 Å². The molecule has 0 aliphatic carbocycles. The van der Waals surface area contributed by atoms with Crippen molar-refractivity contribution in [3.63, 3.8) is 0 Å². The molecular weight excluding hydrogens is 409 g/mol. The zero-order chi connectivity index (χ0) is 19.8. The molecule has 146 valence electrons. The molecule has 3 aromatic rings. The van der Waals surface area contributed by atoms with Gasteiger partial charge in [-0.05, 0) is 49.2 Å². The highest BCUT2D eigenvalue weighted by Crippen LogP contribution is 2.30. The Morgan fingerprint density at radius 2 is 1.89 bits per heavy atom.